The third-order valence-corrected chi connectivity index (χ3v) is 5.46. The van der Waals surface area contributed by atoms with E-state index in [2.05, 4.69) is 35.7 Å². The van der Waals surface area contributed by atoms with E-state index in [1.165, 1.54) is 6.39 Å². The molecule has 0 saturated carbocycles. The van der Waals surface area contributed by atoms with E-state index in [1.807, 2.05) is 38.2 Å². The SMILES string of the molecule is CCn1cc2[nH]c(=O)c(-c3nc4ccc(NCCO)cc4[nH]3)c(N[C@@H](C)c3cocn3)c2n1. The van der Waals surface area contributed by atoms with Crippen molar-refractivity contribution in [2.24, 2.45) is 0 Å². The number of anilines is 2. The standard InChI is InChI=1S/C22H24N8O3/c1-3-30-9-16-19(29-30)20(25-12(2)17-10-33-11-24-17)18(22(32)28-16)21-26-14-5-4-13(23-6-7-31)8-15(14)27-21/h4-5,8-12,23,25,31H,3,6-7H2,1-2H3,(H,26,27)(H,28,32)/t12-/m0/s1. The number of aryl methyl sites for hydroxylation is 1. The second-order valence-corrected chi connectivity index (χ2v) is 7.70. The topological polar surface area (TPSA) is 150 Å². The van der Waals surface area contributed by atoms with E-state index >= 15 is 0 Å². The van der Waals surface area contributed by atoms with Gasteiger partial charge in [0.25, 0.3) is 5.56 Å². The first-order valence-electron chi connectivity index (χ1n) is 10.7. The van der Waals surface area contributed by atoms with Crippen LogP contribution in [0.4, 0.5) is 11.4 Å². The molecule has 0 unspecified atom stereocenters. The number of H-pyrrole nitrogens is 2. The number of aromatic amines is 2. The lowest BCUT2D eigenvalue weighted by Gasteiger charge is -2.15. The Bertz CT molecular complexity index is 1460. The molecule has 4 heterocycles. The molecule has 0 spiro atoms. The summed E-state index contributed by atoms with van der Waals surface area (Å²) in [5, 5.41) is 20.2. The monoisotopic (exact) mass is 448 g/mol. The van der Waals surface area contributed by atoms with Crippen LogP contribution in [0.3, 0.4) is 0 Å². The van der Waals surface area contributed by atoms with Crippen molar-refractivity contribution in [1.29, 1.82) is 0 Å². The molecule has 0 aliphatic rings. The quantitative estimate of drug-likeness (QED) is 0.243. The summed E-state index contributed by atoms with van der Waals surface area (Å²) in [6.07, 6.45) is 4.74. The Morgan fingerprint density at radius 3 is 2.91 bits per heavy atom. The van der Waals surface area contributed by atoms with Gasteiger partial charge < -0.3 is 30.1 Å². The third-order valence-electron chi connectivity index (χ3n) is 5.46. The van der Waals surface area contributed by atoms with Gasteiger partial charge in [-0.25, -0.2) is 9.97 Å². The number of hydrogen-bond donors (Lipinski definition) is 5. The fourth-order valence-corrected chi connectivity index (χ4v) is 3.81. The predicted molar refractivity (Wildman–Crippen MR) is 125 cm³/mol. The highest BCUT2D eigenvalue weighted by Gasteiger charge is 2.22. The zero-order valence-corrected chi connectivity index (χ0v) is 18.2. The number of hydrogen-bond acceptors (Lipinski definition) is 8. The van der Waals surface area contributed by atoms with Gasteiger partial charge in [-0.3, -0.25) is 9.48 Å². The van der Waals surface area contributed by atoms with Crippen LogP contribution in [-0.2, 0) is 6.54 Å². The van der Waals surface area contributed by atoms with Crippen LogP contribution >= 0.6 is 0 Å². The fourth-order valence-electron chi connectivity index (χ4n) is 3.81. The summed E-state index contributed by atoms with van der Waals surface area (Å²) in [6, 6.07) is 5.40. The number of aromatic nitrogens is 6. The van der Waals surface area contributed by atoms with Gasteiger partial charge in [-0.2, -0.15) is 5.10 Å². The number of pyridine rings is 1. The zero-order chi connectivity index (χ0) is 22.9. The number of nitrogens with zero attached hydrogens (tertiary/aromatic N) is 4. The smallest absolute Gasteiger partial charge is 0.261 e. The number of benzene rings is 1. The van der Waals surface area contributed by atoms with Crippen molar-refractivity contribution < 1.29 is 9.52 Å². The average molecular weight is 448 g/mol. The molecule has 33 heavy (non-hydrogen) atoms. The normalized spacial score (nSPS) is 12.5. The Hall–Kier alpha value is -4.12. The van der Waals surface area contributed by atoms with Gasteiger partial charge in [-0.05, 0) is 32.0 Å². The van der Waals surface area contributed by atoms with Crippen molar-refractivity contribution >= 4 is 33.4 Å². The Kier molecular flexibility index (Phi) is 5.31. The summed E-state index contributed by atoms with van der Waals surface area (Å²) in [7, 11) is 0. The van der Waals surface area contributed by atoms with Crippen LogP contribution in [0, 0.1) is 0 Å². The summed E-state index contributed by atoms with van der Waals surface area (Å²) < 4.78 is 6.89. The summed E-state index contributed by atoms with van der Waals surface area (Å²) in [4.78, 5) is 28.3. The highest BCUT2D eigenvalue weighted by molar-refractivity contribution is 5.96. The molecule has 0 aliphatic heterocycles. The van der Waals surface area contributed by atoms with Gasteiger partial charge in [0.15, 0.2) is 6.39 Å². The number of imidazole rings is 1. The van der Waals surface area contributed by atoms with Crippen LogP contribution < -0.4 is 16.2 Å². The maximum atomic E-state index is 13.2. The van der Waals surface area contributed by atoms with E-state index in [0.717, 1.165) is 11.2 Å². The molecule has 5 aromatic rings. The first kappa shape index (κ1) is 20.8. The lowest BCUT2D eigenvalue weighted by atomic mass is 10.1. The van der Waals surface area contributed by atoms with E-state index in [4.69, 9.17) is 9.52 Å². The molecule has 0 saturated heterocycles. The molecule has 170 valence electrons. The molecule has 0 aliphatic carbocycles. The van der Waals surface area contributed by atoms with Crippen molar-refractivity contribution in [3.8, 4) is 11.4 Å². The Morgan fingerprint density at radius 2 is 2.15 bits per heavy atom. The lowest BCUT2D eigenvalue weighted by Crippen LogP contribution is -2.16. The van der Waals surface area contributed by atoms with Gasteiger partial charge in [-0.1, -0.05) is 0 Å². The molecule has 4 aromatic heterocycles. The highest BCUT2D eigenvalue weighted by atomic mass is 16.3. The number of nitrogens with one attached hydrogen (secondary N) is 4. The molecule has 5 rings (SSSR count). The second-order valence-electron chi connectivity index (χ2n) is 7.70. The van der Waals surface area contributed by atoms with E-state index < -0.39 is 0 Å². The summed E-state index contributed by atoms with van der Waals surface area (Å²) >= 11 is 0. The Balaban J connectivity index is 1.66. The highest BCUT2D eigenvalue weighted by Crippen LogP contribution is 2.33. The van der Waals surface area contributed by atoms with Crippen LogP contribution in [-0.4, -0.2) is 48.0 Å². The maximum absolute atomic E-state index is 13.2. The number of aliphatic hydroxyl groups excluding tert-OH is 1. The first-order valence-corrected chi connectivity index (χ1v) is 10.7. The minimum atomic E-state index is -0.286. The molecule has 11 nitrogen and oxygen atoms in total. The summed E-state index contributed by atoms with van der Waals surface area (Å²) in [5.74, 6) is 0.424. The van der Waals surface area contributed by atoms with Gasteiger partial charge in [0.2, 0.25) is 0 Å². The molecule has 11 heteroatoms. The lowest BCUT2D eigenvalue weighted by molar-refractivity contribution is 0.311. The molecule has 1 atom stereocenters. The molecular weight excluding hydrogens is 424 g/mol. The molecule has 1 aromatic carbocycles. The minimum Gasteiger partial charge on any atom is -0.451 e. The fraction of sp³-hybridized carbons (Fsp3) is 0.273. The Morgan fingerprint density at radius 1 is 1.27 bits per heavy atom. The minimum absolute atomic E-state index is 0.0325. The molecule has 0 radical (unpaired) electrons. The largest absolute Gasteiger partial charge is 0.451 e. The Labute approximate surface area is 187 Å². The molecule has 0 amide bonds. The third kappa shape index (κ3) is 3.82. The summed E-state index contributed by atoms with van der Waals surface area (Å²) in [5.41, 5.74) is 4.93. The van der Waals surface area contributed by atoms with Crippen molar-refractivity contribution in [3.05, 3.63) is 53.1 Å². The van der Waals surface area contributed by atoms with E-state index in [9.17, 15) is 4.79 Å². The van der Waals surface area contributed by atoms with Crippen LogP contribution in [0.15, 0.2) is 46.3 Å². The van der Waals surface area contributed by atoms with E-state index in [1.54, 1.807) is 10.9 Å². The molecule has 5 N–H and O–H groups in total. The number of fused-ring (bicyclic) bond motifs is 2. The van der Waals surface area contributed by atoms with Gasteiger partial charge in [0.1, 0.15) is 28.9 Å². The number of oxazole rings is 1. The second kappa shape index (κ2) is 8.43. The number of aliphatic hydroxyl groups is 1. The average Bonchev–Trinajstić information content (AvgIpc) is 3.56. The number of rotatable bonds is 8. The van der Waals surface area contributed by atoms with Crippen LogP contribution in [0.25, 0.3) is 33.5 Å². The van der Waals surface area contributed by atoms with E-state index in [0.29, 0.717) is 52.4 Å². The predicted octanol–water partition coefficient (Wildman–Crippen LogP) is 2.85. The van der Waals surface area contributed by atoms with Gasteiger partial charge in [-0.15, -0.1) is 0 Å². The van der Waals surface area contributed by atoms with Crippen molar-refractivity contribution in [1.82, 2.24) is 29.7 Å². The summed E-state index contributed by atoms with van der Waals surface area (Å²) in [6.45, 7) is 5.06. The zero-order valence-electron chi connectivity index (χ0n) is 18.2. The van der Waals surface area contributed by atoms with Crippen molar-refractivity contribution in [3.63, 3.8) is 0 Å². The van der Waals surface area contributed by atoms with Gasteiger partial charge >= 0.3 is 0 Å². The maximum Gasteiger partial charge on any atom is 0.261 e. The van der Waals surface area contributed by atoms with Crippen molar-refractivity contribution in [2.75, 3.05) is 23.8 Å². The molecule has 0 fully saturated rings. The van der Waals surface area contributed by atoms with Gasteiger partial charge in [0.05, 0.1) is 34.9 Å². The van der Waals surface area contributed by atoms with Crippen LogP contribution in [0.5, 0.6) is 0 Å². The molecule has 0 bridgehead atoms. The first-order chi connectivity index (χ1) is 16.1. The van der Waals surface area contributed by atoms with E-state index in [-0.39, 0.29) is 18.2 Å². The van der Waals surface area contributed by atoms with Crippen LogP contribution in [0.1, 0.15) is 25.6 Å². The van der Waals surface area contributed by atoms with Crippen LogP contribution in [0.2, 0.25) is 0 Å². The van der Waals surface area contributed by atoms with Crippen molar-refractivity contribution in [2.45, 2.75) is 26.4 Å². The molecular formula is C22H24N8O3. The van der Waals surface area contributed by atoms with Gasteiger partial charge in [0, 0.05) is 25.0 Å².